The van der Waals surface area contributed by atoms with Gasteiger partial charge in [-0.15, -0.1) is 0 Å². The van der Waals surface area contributed by atoms with Crippen molar-refractivity contribution in [3.05, 3.63) is 17.5 Å². The standard InChI is InChI=1S/C18H28N4O3/c23-8-7-22-17-3-1-2-16(15(17)10-19-22)20-18(24)21(14-4-5-14)11-13-6-9-25-12-13/h10,13-14,16,23H,1-9,11-12H2,(H,20,24)/t13-,16+/m0/s1. The van der Waals surface area contributed by atoms with Crippen molar-refractivity contribution < 1.29 is 14.6 Å². The van der Waals surface area contributed by atoms with E-state index >= 15 is 0 Å². The van der Waals surface area contributed by atoms with Crippen LogP contribution in [0, 0.1) is 5.92 Å². The zero-order valence-electron chi connectivity index (χ0n) is 14.7. The molecule has 1 aromatic heterocycles. The Hall–Kier alpha value is -1.60. The van der Waals surface area contributed by atoms with Crippen LogP contribution in [0.25, 0.3) is 0 Å². The molecule has 0 aromatic carbocycles. The van der Waals surface area contributed by atoms with Gasteiger partial charge < -0.3 is 20.1 Å². The van der Waals surface area contributed by atoms with Crippen LogP contribution < -0.4 is 5.32 Å². The zero-order valence-corrected chi connectivity index (χ0v) is 14.7. The molecular formula is C18H28N4O3. The number of aromatic nitrogens is 2. The topological polar surface area (TPSA) is 79.6 Å². The van der Waals surface area contributed by atoms with Crippen molar-refractivity contribution in [1.82, 2.24) is 20.0 Å². The quantitative estimate of drug-likeness (QED) is 0.816. The molecule has 0 unspecified atom stereocenters. The first kappa shape index (κ1) is 16.8. The van der Waals surface area contributed by atoms with Gasteiger partial charge in [0.15, 0.2) is 0 Å². The maximum absolute atomic E-state index is 12.9. The summed E-state index contributed by atoms with van der Waals surface area (Å²) in [5, 5.41) is 16.8. The van der Waals surface area contributed by atoms with Crippen molar-refractivity contribution in [3.8, 4) is 0 Å². The van der Waals surface area contributed by atoms with Gasteiger partial charge >= 0.3 is 6.03 Å². The molecule has 7 nitrogen and oxygen atoms in total. The molecule has 2 aliphatic carbocycles. The average Bonchev–Trinajstić information content (AvgIpc) is 3.15. The van der Waals surface area contributed by atoms with E-state index in [-0.39, 0.29) is 18.7 Å². The summed E-state index contributed by atoms with van der Waals surface area (Å²) in [6, 6.07) is 0.493. The molecule has 4 rings (SSSR count). The van der Waals surface area contributed by atoms with Crippen molar-refractivity contribution >= 4 is 6.03 Å². The van der Waals surface area contributed by atoms with Crippen molar-refractivity contribution in [2.24, 2.45) is 5.92 Å². The molecule has 0 bridgehead atoms. The second-order valence-corrected chi connectivity index (χ2v) is 7.50. The molecule has 25 heavy (non-hydrogen) atoms. The van der Waals surface area contributed by atoms with E-state index in [0.717, 1.165) is 69.5 Å². The number of ether oxygens (including phenoxy) is 1. The minimum atomic E-state index is 0.0322. The molecule has 1 aliphatic heterocycles. The van der Waals surface area contributed by atoms with Crippen molar-refractivity contribution in [3.63, 3.8) is 0 Å². The van der Waals surface area contributed by atoms with Crippen LogP contribution in [0.2, 0.25) is 0 Å². The largest absolute Gasteiger partial charge is 0.394 e. The molecule has 2 fully saturated rings. The first-order valence-electron chi connectivity index (χ1n) is 9.56. The number of rotatable bonds is 6. The van der Waals surface area contributed by atoms with Crippen LogP contribution in [0.5, 0.6) is 0 Å². The van der Waals surface area contributed by atoms with E-state index in [1.165, 1.54) is 0 Å². The highest BCUT2D eigenvalue weighted by molar-refractivity contribution is 5.75. The number of carbonyl (C=O) groups excluding carboxylic acids is 1. The lowest BCUT2D eigenvalue weighted by atomic mass is 9.93. The summed E-state index contributed by atoms with van der Waals surface area (Å²) in [6.07, 6.45) is 8.10. The molecule has 1 saturated carbocycles. The Labute approximate surface area is 148 Å². The minimum absolute atomic E-state index is 0.0322. The Kier molecular flexibility index (Phi) is 4.94. The predicted octanol–water partition coefficient (Wildman–Crippen LogP) is 1.46. The molecule has 2 heterocycles. The predicted molar refractivity (Wildman–Crippen MR) is 92.2 cm³/mol. The fourth-order valence-electron chi connectivity index (χ4n) is 4.08. The first-order chi connectivity index (χ1) is 12.3. The minimum Gasteiger partial charge on any atom is -0.394 e. The third-order valence-electron chi connectivity index (χ3n) is 5.60. The van der Waals surface area contributed by atoms with Gasteiger partial charge in [0, 0.05) is 36.4 Å². The Morgan fingerprint density at radius 1 is 1.40 bits per heavy atom. The van der Waals surface area contributed by atoms with Gasteiger partial charge in [0.25, 0.3) is 0 Å². The molecule has 3 aliphatic rings. The van der Waals surface area contributed by atoms with Crippen molar-refractivity contribution in [1.29, 1.82) is 0 Å². The van der Waals surface area contributed by atoms with Crippen LogP contribution in [0.4, 0.5) is 4.79 Å². The number of urea groups is 1. The van der Waals surface area contributed by atoms with Gasteiger partial charge in [-0.1, -0.05) is 0 Å². The number of hydrogen-bond donors (Lipinski definition) is 2. The van der Waals surface area contributed by atoms with Gasteiger partial charge in [0.2, 0.25) is 0 Å². The molecular weight excluding hydrogens is 320 g/mol. The number of fused-ring (bicyclic) bond motifs is 1. The van der Waals surface area contributed by atoms with Crippen LogP contribution in [0.3, 0.4) is 0 Å². The number of hydrogen-bond acceptors (Lipinski definition) is 4. The van der Waals surface area contributed by atoms with E-state index < -0.39 is 0 Å². The third kappa shape index (κ3) is 3.67. The van der Waals surface area contributed by atoms with Gasteiger partial charge in [0.05, 0.1) is 32.0 Å². The van der Waals surface area contributed by atoms with E-state index in [4.69, 9.17) is 4.74 Å². The fourth-order valence-corrected chi connectivity index (χ4v) is 4.08. The van der Waals surface area contributed by atoms with Crippen LogP contribution in [0.15, 0.2) is 6.20 Å². The van der Waals surface area contributed by atoms with Gasteiger partial charge in [-0.2, -0.15) is 5.10 Å². The number of aliphatic hydroxyl groups excluding tert-OH is 1. The maximum Gasteiger partial charge on any atom is 0.318 e. The Morgan fingerprint density at radius 2 is 2.28 bits per heavy atom. The highest BCUT2D eigenvalue weighted by Gasteiger charge is 2.36. The van der Waals surface area contributed by atoms with Gasteiger partial charge in [-0.3, -0.25) is 4.68 Å². The summed E-state index contributed by atoms with van der Waals surface area (Å²) < 4.78 is 7.35. The number of aliphatic hydroxyl groups is 1. The smallest absolute Gasteiger partial charge is 0.318 e. The number of amides is 2. The highest BCUT2D eigenvalue weighted by atomic mass is 16.5. The first-order valence-corrected chi connectivity index (χ1v) is 9.56. The van der Waals surface area contributed by atoms with E-state index in [0.29, 0.717) is 18.5 Å². The molecule has 0 spiro atoms. The second-order valence-electron chi connectivity index (χ2n) is 7.50. The van der Waals surface area contributed by atoms with Crippen LogP contribution >= 0.6 is 0 Å². The molecule has 7 heteroatoms. The van der Waals surface area contributed by atoms with Gasteiger partial charge in [0.1, 0.15) is 0 Å². The SMILES string of the molecule is O=C(N[C@@H]1CCCc2c1cnn2CCO)N(C[C@@H]1CCOC1)C1CC1. The normalized spacial score (nSPS) is 25.6. The number of nitrogens with one attached hydrogen (secondary N) is 1. The van der Waals surface area contributed by atoms with E-state index in [1.807, 2.05) is 15.8 Å². The Bertz CT molecular complexity index is 607. The van der Waals surface area contributed by atoms with Gasteiger partial charge in [-0.05, 0) is 38.5 Å². The molecule has 2 amide bonds. The second kappa shape index (κ2) is 7.33. The summed E-state index contributed by atoms with van der Waals surface area (Å²) in [5.41, 5.74) is 2.28. The summed E-state index contributed by atoms with van der Waals surface area (Å²) in [5.74, 6) is 0.473. The summed E-state index contributed by atoms with van der Waals surface area (Å²) in [4.78, 5) is 15.0. The number of carbonyl (C=O) groups is 1. The molecule has 0 radical (unpaired) electrons. The molecule has 1 saturated heterocycles. The Balaban J connectivity index is 1.43. The lowest BCUT2D eigenvalue weighted by molar-refractivity contribution is 0.159. The molecule has 1 aromatic rings. The monoisotopic (exact) mass is 348 g/mol. The Morgan fingerprint density at radius 3 is 3.00 bits per heavy atom. The van der Waals surface area contributed by atoms with Crippen LogP contribution in [-0.4, -0.2) is 58.2 Å². The number of nitrogens with zero attached hydrogens (tertiary/aromatic N) is 3. The van der Waals surface area contributed by atoms with E-state index in [1.54, 1.807) is 0 Å². The molecule has 2 atom stereocenters. The lowest BCUT2D eigenvalue weighted by Gasteiger charge is -2.30. The molecule has 2 N–H and O–H groups in total. The van der Waals surface area contributed by atoms with Crippen molar-refractivity contribution in [2.75, 3.05) is 26.4 Å². The summed E-state index contributed by atoms with van der Waals surface area (Å²) in [6.45, 7) is 3.01. The highest BCUT2D eigenvalue weighted by Crippen LogP contribution is 2.32. The average molecular weight is 348 g/mol. The summed E-state index contributed by atoms with van der Waals surface area (Å²) in [7, 11) is 0. The van der Waals surface area contributed by atoms with E-state index in [9.17, 15) is 9.90 Å². The van der Waals surface area contributed by atoms with Crippen LogP contribution in [-0.2, 0) is 17.7 Å². The fraction of sp³-hybridized carbons (Fsp3) is 0.778. The third-order valence-corrected chi connectivity index (χ3v) is 5.60. The maximum atomic E-state index is 12.9. The zero-order chi connectivity index (χ0) is 17.2. The van der Waals surface area contributed by atoms with Crippen LogP contribution in [0.1, 0.15) is 49.4 Å². The molecule has 138 valence electrons. The van der Waals surface area contributed by atoms with Gasteiger partial charge in [-0.25, -0.2) is 4.79 Å². The lowest BCUT2D eigenvalue weighted by Crippen LogP contribution is -2.45. The van der Waals surface area contributed by atoms with Crippen molar-refractivity contribution in [2.45, 2.75) is 57.2 Å². The summed E-state index contributed by atoms with van der Waals surface area (Å²) >= 11 is 0. The van der Waals surface area contributed by atoms with E-state index in [2.05, 4.69) is 10.4 Å².